The molecule has 1 amide bonds. The fourth-order valence-corrected chi connectivity index (χ4v) is 3.53. The van der Waals surface area contributed by atoms with Gasteiger partial charge < -0.3 is 14.4 Å². The van der Waals surface area contributed by atoms with Gasteiger partial charge in [0.25, 0.3) is 5.91 Å². The van der Waals surface area contributed by atoms with Gasteiger partial charge in [-0.15, -0.1) is 12.4 Å². The minimum absolute atomic E-state index is 0. The third-order valence-corrected chi connectivity index (χ3v) is 4.75. The minimum atomic E-state index is -0.750. The molecule has 27 heavy (non-hydrogen) atoms. The molecular formula is C17H20ClF2N3O3S. The van der Waals surface area contributed by atoms with E-state index in [1.54, 1.807) is 0 Å². The van der Waals surface area contributed by atoms with Gasteiger partial charge in [-0.05, 0) is 33.1 Å². The summed E-state index contributed by atoms with van der Waals surface area (Å²) in [5, 5.41) is 0.295. The van der Waals surface area contributed by atoms with Gasteiger partial charge in [0.1, 0.15) is 30.8 Å². The van der Waals surface area contributed by atoms with Gasteiger partial charge in [-0.1, -0.05) is 11.3 Å². The van der Waals surface area contributed by atoms with Crippen molar-refractivity contribution in [1.82, 2.24) is 9.88 Å². The maximum absolute atomic E-state index is 14.0. The predicted octanol–water partition coefficient (Wildman–Crippen LogP) is 3.17. The van der Waals surface area contributed by atoms with Crippen LogP contribution in [0.2, 0.25) is 0 Å². The Kier molecular flexibility index (Phi) is 7.34. The number of carbonyl (C=O) groups excluding carboxylic acids is 1. The van der Waals surface area contributed by atoms with Crippen LogP contribution in [0.5, 0.6) is 0 Å². The topological polar surface area (TPSA) is 54.9 Å². The largest absolute Gasteiger partial charge is 0.494 e. The maximum atomic E-state index is 14.0. The third-order valence-electron chi connectivity index (χ3n) is 3.72. The molecule has 0 saturated heterocycles. The van der Waals surface area contributed by atoms with Crippen LogP contribution in [-0.2, 0) is 14.3 Å². The quantitative estimate of drug-likeness (QED) is 0.719. The molecule has 0 fully saturated rings. The Bertz CT molecular complexity index is 844. The van der Waals surface area contributed by atoms with E-state index < -0.39 is 17.5 Å². The third kappa shape index (κ3) is 5.06. The number of carbonyl (C=O) groups is 1. The van der Waals surface area contributed by atoms with Crippen LogP contribution in [0.25, 0.3) is 10.2 Å². The first kappa shape index (κ1) is 21.3. The molecule has 1 aliphatic rings. The van der Waals surface area contributed by atoms with Crippen molar-refractivity contribution >= 4 is 45.0 Å². The lowest BCUT2D eigenvalue weighted by atomic mass is 10.3. The van der Waals surface area contributed by atoms with Gasteiger partial charge in [0, 0.05) is 12.6 Å². The van der Waals surface area contributed by atoms with Gasteiger partial charge in [-0.2, -0.15) is 0 Å². The zero-order valence-corrected chi connectivity index (χ0v) is 16.5. The van der Waals surface area contributed by atoms with Crippen LogP contribution in [0.4, 0.5) is 13.9 Å². The van der Waals surface area contributed by atoms with Crippen molar-refractivity contribution in [3.05, 3.63) is 35.8 Å². The second-order valence-corrected chi connectivity index (χ2v) is 7.05. The van der Waals surface area contributed by atoms with Gasteiger partial charge in [0.15, 0.2) is 10.9 Å². The van der Waals surface area contributed by atoms with E-state index in [0.29, 0.717) is 29.4 Å². The SMILES string of the molecule is CN(C)CCCN(C(=O)C1=COCCO1)c1nc2c(F)cc(F)cc2s1.Cl. The highest BCUT2D eigenvalue weighted by Crippen LogP contribution is 2.32. The number of ether oxygens (including phenoxy) is 2. The lowest BCUT2D eigenvalue weighted by Crippen LogP contribution is -2.36. The van der Waals surface area contributed by atoms with Gasteiger partial charge >= 0.3 is 0 Å². The summed E-state index contributed by atoms with van der Waals surface area (Å²) in [6.07, 6.45) is 1.96. The standard InChI is InChI=1S/C17H19F2N3O3S.ClH/c1-21(2)4-3-5-22(16(23)13-10-24-6-7-25-13)17-20-15-12(19)8-11(18)9-14(15)26-17;/h8-10H,3-7H2,1-2H3;1H. The monoisotopic (exact) mass is 419 g/mol. The summed E-state index contributed by atoms with van der Waals surface area (Å²) in [4.78, 5) is 20.5. The van der Waals surface area contributed by atoms with Crippen molar-refractivity contribution < 1.29 is 23.0 Å². The summed E-state index contributed by atoms with van der Waals surface area (Å²) in [5.74, 6) is -1.77. The number of fused-ring (bicyclic) bond motifs is 1. The number of hydrogen-bond acceptors (Lipinski definition) is 6. The number of nitrogens with zero attached hydrogens (tertiary/aromatic N) is 3. The number of thiazole rings is 1. The number of rotatable bonds is 6. The Balaban J connectivity index is 0.00000261. The molecule has 1 aromatic heterocycles. The average molecular weight is 420 g/mol. The molecule has 2 heterocycles. The normalized spacial score (nSPS) is 13.6. The van der Waals surface area contributed by atoms with Crippen LogP contribution in [0.3, 0.4) is 0 Å². The summed E-state index contributed by atoms with van der Waals surface area (Å²) in [6.45, 7) is 1.78. The van der Waals surface area contributed by atoms with E-state index in [0.717, 1.165) is 23.9 Å². The number of aromatic nitrogens is 1. The first-order chi connectivity index (χ1) is 12.5. The molecule has 2 aromatic rings. The molecule has 1 aliphatic heterocycles. The zero-order chi connectivity index (χ0) is 18.7. The molecule has 10 heteroatoms. The molecule has 0 radical (unpaired) electrons. The first-order valence-electron chi connectivity index (χ1n) is 8.12. The maximum Gasteiger partial charge on any atom is 0.298 e. The fourth-order valence-electron chi connectivity index (χ4n) is 2.50. The zero-order valence-electron chi connectivity index (χ0n) is 14.9. The lowest BCUT2D eigenvalue weighted by Gasteiger charge is -2.23. The Hall–Kier alpha value is -1.97. The number of anilines is 1. The summed E-state index contributed by atoms with van der Waals surface area (Å²) >= 11 is 1.06. The number of benzene rings is 1. The van der Waals surface area contributed by atoms with E-state index in [9.17, 15) is 13.6 Å². The fraction of sp³-hybridized carbons (Fsp3) is 0.412. The molecule has 1 aromatic carbocycles. The highest BCUT2D eigenvalue weighted by atomic mass is 35.5. The van der Waals surface area contributed by atoms with Crippen molar-refractivity contribution in [2.45, 2.75) is 6.42 Å². The van der Waals surface area contributed by atoms with Gasteiger partial charge in [0.2, 0.25) is 5.76 Å². The Labute approximate surface area is 165 Å². The second-order valence-electron chi connectivity index (χ2n) is 6.05. The Morgan fingerprint density at radius 2 is 2.04 bits per heavy atom. The van der Waals surface area contributed by atoms with E-state index in [-0.39, 0.29) is 30.3 Å². The van der Waals surface area contributed by atoms with E-state index in [1.807, 2.05) is 19.0 Å². The lowest BCUT2D eigenvalue weighted by molar-refractivity contribution is -0.119. The van der Waals surface area contributed by atoms with Gasteiger partial charge in [-0.25, -0.2) is 13.8 Å². The van der Waals surface area contributed by atoms with Crippen LogP contribution in [0, 0.1) is 11.6 Å². The summed E-state index contributed by atoms with van der Waals surface area (Å²) in [7, 11) is 3.87. The summed E-state index contributed by atoms with van der Waals surface area (Å²) in [6, 6.07) is 1.99. The van der Waals surface area contributed by atoms with Crippen LogP contribution >= 0.6 is 23.7 Å². The summed E-state index contributed by atoms with van der Waals surface area (Å²) < 4.78 is 38.3. The molecule has 148 valence electrons. The predicted molar refractivity (Wildman–Crippen MR) is 102 cm³/mol. The second kappa shape index (κ2) is 9.29. The first-order valence-corrected chi connectivity index (χ1v) is 8.94. The van der Waals surface area contributed by atoms with Crippen LogP contribution < -0.4 is 4.90 Å². The molecule has 0 spiro atoms. The molecule has 0 saturated carbocycles. The van der Waals surface area contributed by atoms with Crippen molar-refractivity contribution in [2.24, 2.45) is 0 Å². The van der Waals surface area contributed by atoms with Crippen molar-refractivity contribution in [3.63, 3.8) is 0 Å². The van der Waals surface area contributed by atoms with Crippen LogP contribution in [0.15, 0.2) is 24.2 Å². The molecular weight excluding hydrogens is 400 g/mol. The molecule has 0 aliphatic carbocycles. The molecule has 6 nitrogen and oxygen atoms in total. The van der Waals surface area contributed by atoms with Crippen LogP contribution in [0.1, 0.15) is 6.42 Å². The minimum Gasteiger partial charge on any atom is -0.494 e. The van der Waals surface area contributed by atoms with E-state index >= 15 is 0 Å². The highest BCUT2D eigenvalue weighted by Gasteiger charge is 2.26. The molecule has 3 rings (SSSR count). The smallest absolute Gasteiger partial charge is 0.298 e. The van der Waals surface area contributed by atoms with Gasteiger partial charge in [0.05, 0.1) is 4.70 Å². The molecule has 0 bridgehead atoms. The van der Waals surface area contributed by atoms with Crippen molar-refractivity contribution in [1.29, 1.82) is 0 Å². The molecule has 0 N–H and O–H groups in total. The molecule has 0 atom stereocenters. The van der Waals surface area contributed by atoms with E-state index in [4.69, 9.17) is 9.47 Å². The number of hydrogen-bond donors (Lipinski definition) is 0. The average Bonchev–Trinajstić information content (AvgIpc) is 3.02. The number of amides is 1. The van der Waals surface area contributed by atoms with Crippen molar-refractivity contribution in [2.75, 3.05) is 45.3 Å². The van der Waals surface area contributed by atoms with E-state index in [1.165, 1.54) is 17.2 Å². The van der Waals surface area contributed by atoms with E-state index in [2.05, 4.69) is 4.98 Å². The van der Waals surface area contributed by atoms with Gasteiger partial charge in [-0.3, -0.25) is 9.69 Å². The molecule has 0 unspecified atom stereocenters. The van der Waals surface area contributed by atoms with Crippen LogP contribution in [-0.4, -0.2) is 56.2 Å². The Morgan fingerprint density at radius 1 is 1.26 bits per heavy atom. The Morgan fingerprint density at radius 3 is 2.70 bits per heavy atom. The van der Waals surface area contributed by atoms with Crippen molar-refractivity contribution in [3.8, 4) is 0 Å². The summed E-state index contributed by atoms with van der Waals surface area (Å²) in [5.41, 5.74) is 0.0478. The number of halogens is 3. The highest BCUT2D eigenvalue weighted by molar-refractivity contribution is 7.22.